The van der Waals surface area contributed by atoms with Crippen molar-refractivity contribution in [3.63, 3.8) is 0 Å². The summed E-state index contributed by atoms with van der Waals surface area (Å²) >= 11 is 0. The monoisotopic (exact) mass is 496 g/mol. The van der Waals surface area contributed by atoms with E-state index in [1.54, 1.807) is 6.07 Å². The van der Waals surface area contributed by atoms with Crippen molar-refractivity contribution in [2.24, 2.45) is 0 Å². The predicted molar refractivity (Wildman–Crippen MR) is 118 cm³/mol. The number of anilines is 1. The third kappa shape index (κ3) is 4.83. The molecule has 1 aliphatic heterocycles. The summed E-state index contributed by atoms with van der Waals surface area (Å²) in [5.41, 5.74) is -1.11. The van der Waals surface area contributed by atoms with Crippen LogP contribution < -0.4 is 5.32 Å². The van der Waals surface area contributed by atoms with E-state index < -0.39 is 33.5 Å². The van der Waals surface area contributed by atoms with Crippen LogP contribution in [-0.4, -0.2) is 50.6 Å². The van der Waals surface area contributed by atoms with Gasteiger partial charge in [-0.15, -0.1) is 5.10 Å². The first-order valence-corrected chi connectivity index (χ1v) is 12.3. The number of halogens is 3. The number of nitrogens with zero attached hydrogens (tertiary/aromatic N) is 5. The Kier molecular flexibility index (Phi) is 5.78. The molecule has 0 aliphatic carbocycles. The molecular weight excluding hydrogens is 473 g/mol. The van der Waals surface area contributed by atoms with Gasteiger partial charge in [-0.05, 0) is 18.6 Å². The summed E-state index contributed by atoms with van der Waals surface area (Å²) < 4.78 is 66.4. The van der Waals surface area contributed by atoms with Gasteiger partial charge in [0.05, 0.1) is 40.7 Å². The van der Waals surface area contributed by atoms with Crippen LogP contribution in [-0.2, 0) is 21.4 Å². The summed E-state index contributed by atoms with van der Waals surface area (Å²) in [6.07, 6.45) is -3.14. The molecule has 3 aromatic rings. The van der Waals surface area contributed by atoms with Gasteiger partial charge in [0.15, 0.2) is 15.5 Å². The number of amides is 1. The zero-order valence-electron chi connectivity index (χ0n) is 18.7. The second-order valence-corrected chi connectivity index (χ2v) is 11.4. The van der Waals surface area contributed by atoms with Crippen molar-refractivity contribution in [2.75, 3.05) is 16.8 Å². The minimum absolute atomic E-state index is 0.0305. The van der Waals surface area contributed by atoms with Gasteiger partial charge in [-0.3, -0.25) is 4.79 Å². The zero-order valence-corrected chi connectivity index (χ0v) is 19.5. The van der Waals surface area contributed by atoms with Crippen LogP contribution in [0.3, 0.4) is 0 Å². The topological polar surface area (TPSA) is 112 Å². The lowest BCUT2D eigenvalue weighted by molar-refractivity contribution is -0.137. The first-order valence-electron chi connectivity index (χ1n) is 10.5. The van der Waals surface area contributed by atoms with E-state index in [0.29, 0.717) is 12.1 Å². The summed E-state index contributed by atoms with van der Waals surface area (Å²) in [6.45, 7) is 5.79. The summed E-state index contributed by atoms with van der Waals surface area (Å²) in [6, 6.07) is 6.04. The maximum Gasteiger partial charge on any atom is 0.418 e. The van der Waals surface area contributed by atoms with Crippen LogP contribution in [0.25, 0.3) is 5.69 Å². The molecule has 2 aromatic heterocycles. The highest BCUT2D eigenvalue weighted by Gasteiger charge is 2.35. The molecule has 0 radical (unpaired) electrons. The van der Waals surface area contributed by atoms with E-state index in [2.05, 4.69) is 20.7 Å². The quantitative estimate of drug-likeness (QED) is 0.593. The SMILES string of the molecule is CC(C)(C)c1cc(NC(=O)c2cn(-c3ccccc3C(F)(F)F)nn2)n(C2CCS(=O)(=O)C2)n1. The molecule has 1 aliphatic rings. The Hall–Kier alpha value is -3.22. The van der Waals surface area contributed by atoms with Gasteiger partial charge in [0.1, 0.15) is 5.82 Å². The Balaban J connectivity index is 1.64. The van der Waals surface area contributed by atoms with Crippen molar-refractivity contribution < 1.29 is 26.4 Å². The van der Waals surface area contributed by atoms with Crippen molar-refractivity contribution in [2.45, 2.75) is 44.8 Å². The highest BCUT2D eigenvalue weighted by atomic mass is 32.2. The van der Waals surface area contributed by atoms with Gasteiger partial charge in [-0.25, -0.2) is 17.8 Å². The fourth-order valence-electron chi connectivity index (χ4n) is 3.68. The van der Waals surface area contributed by atoms with Crippen LogP contribution in [0, 0.1) is 0 Å². The third-order valence-electron chi connectivity index (χ3n) is 5.48. The molecule has 1 saturated heterocycles. The highest BCUT2D eigenvalue weighted by molar-refractivity contribution is 7.91. The van der Waals surface area contributed by atoms with E-state index in [1.165, 1.54) is 22.9 Å². The van der Waals surface area contributed by atoms with Gasteiger partial charge in [-0.1, -0.05) is 38.1 Å². The number of hydrogen-bond acceptors (Lipinski definition) is 6. The van der Waals surface area contributed by atoms with E-state index in [4.69, 9.17) is 0 Å². The summed E-state index contributed by atoms with van der Waals surface area (Å²) in [5.74, 6) is -0.491. The molecule has 1 unspecified atom stereocenters. The number of benzene rings is 1. The minimum Gasteiger partial charge on any atom is -0.305 e. The molecule has 1 N–H and O–H groups in total. The summed E-state index contributed by atoms with van der Waals surface area (Å²) in [5, 5.41) is 14.6. The smallest absolute Gasteiger partial charge is 0.305 e. The van der Waals surface area contributed by atoms with Gasteiger partial charge in [0, 0.05) is 11.5 Å². The molecule has 1 amide bonds. The molecule has 1 aromatic carbocycles. The standard InChI is InChI=1S/C21H23F3N6O3S/c1-20(2,3)17-10-18(30(27-17)13-8-9-34(32,33)12-13)25-19(31)15-11-29(28-26-15)16-7-5-4-6-14(16)21(22,23)24/h4-7,10-11,13H,8-9,12H2,1-3H3,(H,25,31). The summed E-state index contributed by atoms with van der Waals surface area (Å²) in [7, 11) is -3.20. The van der Waals surface area contributed by atoms with E-state index in [9.17, 15) is 26.4 Å². The number of alkyl halides is 3. The first kappa shape index (κ1) is 23.9. The van der Waals surface area contributed by atoms with Gasteiger partial charge < -0.3 is 5.32 Å². The summed E-state index contributed by atoms with van der Waals surface area (Å²) in [4.78, 5) is 12.9. The lowest BCUT2D eigenvalue weighted by atomic mass is 9.92. The van der Waals surface area contributed by atoms with E-state index in [-0.39, 0.29) is 34.1 Å². The van der Waals surface area contributed by atoms with Crippen molar-refractivity contribution in [1.82, 2.24) is 24.8 Å². The van der Waals surface area contributed by atoms with Crippen molar-refractivity contribution >= 4 is 21.6 Å². The lowest BCUT2D eigenvalue weighted by Gasteiger charge is -2.15. The molecule has 0 bridgehead atoms. The van der Waals surface area contributed by atoms with Crippen molar-refractivity contribution in [3.8, 4) is 5.69 Å². The number of carbonyl (C=O) groups is 1. The molecule has 3 heterocycles. The third-order valence-corrected chi connectivity index (χ3v) is 7.23. The van der Waals surface area contributed by atoms with Crippen LogP contribution in [0.2, 0.25) is 0 Å². The number of carbonyl (C=O) groups excluding carboxylic acids is 1. The van der Waals surface area contributed by atoms with Gasteiger partial charge >= 0.3 is 6.18 Å². The second-order valence-electron chi connectivity index (χ2n) is 9.18. The number of nitrogens with one attached hydrogen (secondary N) is 1. The van der Waals surface area contributed by atoms with Crippen LogP contribution in [0.15, 0.2) is 36.5 Å². The van der Waals surface area contributed by atoms with Crippen LogP contribution in [0.1, 0.15) is 55.0 Å². The molecule has 13 heteroatoms. The second kappa shape index (κ2) is 8.22. The molecule has 34 heavy (non-hydrogen) atoms. The number of para-hydroxylation sites is 1. The van der Waals surface area contributed by atoms with Gasteiger partial charge in [0.2, 0.25) is 0 Å². The van der Waals surface area contributed by atoms with E-state index >= 15 is 0 Å². The molecule has 4 rings (SSSR count). The maximum absolute atomic E-state index is 13.3. The molecule has 1 fully saturated rings. The van der Waals surface area contributed by atoms with Crippen LogP contribution >= 0.6 is 0 Å². The Labute approximate surface area is 193 Å². The largest absolute Gasteiger partial charge is 0.418 e. The Bertz CT molecular complexity index is 1340. The fraction of sp³-hybridized carbons (Fsp3) is 0.429. The maximum atomic E-state index is 13.3. The van der Waals surface area contributed by atoms with Crippen molar-refractivity contribution in [3.05, 3.63) is 53.5 Å². The van der Waals surface area contributed by atoms with Crippen molar-refractivity contribution in [1.29, 1.82) is 0 Å². The molecule has 9 nitrogen and oxygen atoms in total. The van der Waals surface area contributed by atoms with Gasteiger partial charge in [-0.2, -0.15) is 18.3 Å². The Morgan fingerprint density at radius 3 is 2.50 bits per heavy atom. The Morgan fingerprint density at radius 2 is 1.88 bits per heavy atom. The van der Waals surface area contributed by atoms with Gasteiger partial charge in [0.25, 0.3) is 5.91 Å². The lowest BCUT2D eigenvalue weighted by Crippen LogP contribution is -2.20. The average molecular weight is 497 g/mol. The average Bonchev–Trinajstić information content (AvgIpc) is 3.45. The van der Waals surface area contributed by atoms with Crippen LogP contribution in [0.5, 0.6) is 0 Å². The van der Waals surface area contributed by atoms with Crippen LogP contribution in [0.4, 0.5) is 19.0 Å². The highest BCUT2D eigenvalue weighted by Crippen LogP contribution is 2.34. The number of aromatic nitrogens is 5. The molecule has 182 valence electrons. The fourth-order valence-corrected chi connectivity index (χ4v) is 5.37. The van der Waals surface area contributed by atoms with E-state index in [1.807, 2.05) is 20.8 Å². The first-order chi connectivity index (χ1) is 15.7. The predicted octanol–water partition coefficient (Wildman–Crippen LogP) is 3.39. The Morgan fingerprint density at radius 1 is 1.18 bits per heavy atom. The minimum atomic E-state index is -4.61. The normalized spacial score (nSPS) is 18.2. The number of hydrogen-bond donors (Lipinski definition) is 1. The van der Waals surface area contributed by atoms with E-state index in [0.717, 1.165) is 16.9 Å². The molecule has 0 spiro atoms. The molecular formula is C21H23F3N6O3S. The molecule has 0 saturated carbocycles. The number of sulfone groups is 1. The zero-order chi connectivity index (χ0) is 24.9. The number of rotatable bonds is 4. The molecule has 1 atom stereocenters.